The summed E-state index contributed by atoms with van der Waals surface area (Å²) in [4.78, 5) is 0. The van der Waals surface area contributed by atoms with Crippen LogP contribution < -0.4 is 0 Å². The quantitative estimate of drug-likeness (QED) is 0.677. The van der Waals surface area contributed by atoms with E-state index in [1.54, 1.807) is 0 Å². The van der Waals surface area contributed by atoms with Gasteiger partial charge in [-0.1, -0.05) is 36.4 Å². The number of rotatable bonds is 3. The lowest BCUT2D eigenvalue weighted by Crippen LogP contribution is -1.87. The highest BCUT2D eigenvalue weighted by Gasteiger charge is 1.93. The molecule has 0 heterocycles. The van der Waals surface area contributed by atoms with Crippen molar-refractivity contribution in [3.8, 4) is 0 Å². The first kappa shape index (κ1) is 8.85. The van der Waals surface area contributed by atoms with Gasteiger partial charge in [-0.2, -0.15) is 0 Å². The summed E-state index contributed by atoms with van der Waals surface area (Å²) in [5.74, 6) is 0.260. The molecule has 1 rings (SSSR count). The Morgan fingerprint density at radius 2 is 1.92 bits per heavy atom. The van der Waals surface area contributed by atoms with Crippen molar-refractivity contribution in [1.29, 1.82) is 0 Å². The molecule has 0 saturated carbocycles. The van der Waals surface area contributed by atoms with Gasteiger partial charge in [-0.15, -0.1) is 0 Å². The van der Waals surface area contributed by atoms with E-state index in [2.05, 4.69) is 37.8 Å². The van der Waals surface area contributed by atoms with E-state index in [0.717, 1.165) is 6.42 Å². The van der Waals surface area contributed by atoms with Gasteiger partial charge in [-0.3, -0.25) is 0 Å². The van der Waals surface area contributed by atoms with Crippen LogP contribution in [0.3, 0.4) is 0 Å². The van der Waals surface area contributed by atoms with Crippen LogP contribution in [0.1, 0.15) is 17.5 Å². The van der Waals surface area contributed by atoms with Crippen LogP contribution in [-0.2, 0) is 6.42 Å². The Kier molecular flexibility index (Phi) is 2.92. The Morgan fingerprint density at radius 3 is 2.42 bits per heavy atom. The summed E-state index contributed by atoms with van der Waals surface area (Å²) in [5.41, 5.74) is 2.51. The molecule has 0 radical (unpaired) electrons. The van der Waals surface area contributed by atoms with Gasteiger partial charge in [0, 0.05) is 6.42 Å². The first-order valence-corrected chi connectivity index (χ1v) is 4.11. The predicted molar refractivity (Wildman–Crippen MR) is 51.3 cm³/mol. The zero-order valence-electron chi connectivity index (χ0n) is 7.38. The third-order valence-corrected chi connectivity index (χ3v) is 1.82. The van der Waals surface area contributed by atoms with Gasteiger partial charge in [0.25, 0.3) is 0 Å². The maximum absolute atomic E-state index is 8.87. The van der Waals surface area contributed by atoms with Crippen LogP contribution in [0.2, 0.25) is 0 Å². The van der Waals surface area contributed by atoms with E-state index < -0.39 is 0 Å². The van der Waals surface area contributed by atoms with Gasteiger partial charge in [0.1, 0.15) is 0 Å². The van der Waals surface area contributed by atoms with E-state index >= 15 is 0 Å². The number of hydrogen-bond donors (Lipinski definition) is 1. The molecule has 0 fully saturated rings. The van der Waals surface area contributed by atoms with Gasteiger partial charge in [0.15, 0.2) is 0 Å². The zero-order chi connectivity index (χ0) is 8.97. The minimum atomic E-state index is 0.260. The summed E-state index contributed by atoms with van der Waals surface area (Å²) in [7, 11) is 0. The molecule has 0 aliphatic heterocycles. The van der Waals surface area contributed by atoms with Crippen molar-refractivity contribution >= 4 is 0 Å². The Hall–Kier alpha value is -1.24. The van der Waals surface area contributed by atoms with Crippen LogP contribution >= 0.6 is 0 Å². The molecule has 1 aromatic carbocycles. The summed E-state index contributed by atoms with van der Waals surface area (Å²) in [6, 6.07) is 8.32. The van der Waals surface area contributed by atoms with E-state index in [4.69, 9.17) is 5.11 Å². The number of aliphatic hydroxyl groups is 1. The summed E-state index contributed by atoms with van der Waals surface area (Å²) in [6.07, 6.45) is 1.53. The van der Waals surface area contributed by atoms with E-state index in [0.29, 0.717) is 6.42 Å². The second-order valence-electron chi connectivity index (χ2n) is 3.05. The highest BCUT2D eigenvalue weighted by Crippen LogP contribution is 2.07. The SMILES string of the molecule is C=C(O)CCc1ccc(C)cc1. The molecule has 0 amide bonds. The molecule has 0 atom stereocenters. The van der Waals surface area contributed by atoms with Crippen molar-refractivity contribution in [3.05, 3.63) is 47.7 Å². The van der Waals surface area contributed by atoms with Crippen LogP contribution in [-0.4, -0.2) is 5.11 Å². The molecule has 0 aliphatic rings. The van der Waals surface area contributed by atoms with E-state index in [1.165, 1.54) is 11.1 Å². The molecular formula is C11H14O. The van der Waals surface area contributed by atoms with Gasteiger partial charge in [-0.25, -0.2) is 0 Å². The Labute approximate surface area is 73.4 Å². The van der Waals surface area contributed by atoms with Crippen molar-refractivity contribution in [2.75, 3.05) is 0 Å². The molecule has 1 nitrogen and oxygen atoms in total. The molecule has 1 heteroatoms. The molecule has 1 N–H and O–H groups in total. The molecule has 0 unspecified atom stereocenters. The number of aliphatic hydroxyl groups excluding tert-OH is 1. The fraction of sp³-hybridized carbons (Fsp3) is 0.273. The normalized spacial score (nSPS) is 9.75. The maximum atomic E-state index is 8.87. The van der Waals surface area contributed by atoms with Crippen LogP contribution in [0.4, 0.5) is 0 Å². The summed E-state index contributed by atoms with van der Waals surface area (Å²) < 4.78 is 0. The molecule has 0 bridgehead atoms. The van der Waals surface area contributed by atoms with Crippen molar-refractivity contribution in [1.82, 2.24) is 0 Å². The van der Waals surface area contributed by atoms with Crippen molar-refractivity contribution < 1.29 is 5.11 Å². The van der Waals surface area contributed by atoms with Gasteiger partial charge < -0.3 is 5.11 Å². The standard InChI is InChI=1S/C11H14O/c1-9-3-6-11(7-4-9)8-5-10(2)12/h3-4,6-7,12H,2,5,8H2,1H3. The third-order valence-electron chi connectivity index (χ3n) is 1.82. The zero-order valence-corrected chi connectivity index (χ0v) is 7.38. The first-order chi connectivity index (χ1) is 5.68. The molecule has 0 saturated heterocycles. The molecule has 0 aliphatic carbocycles. The van der Waals surface area contributed by atoms with Crippen molar-refractivity contribution in [3.63, 3.8) is 0 Å². The first-order valence-electron chi connectivity index (χ1n) is 4.11. The second kappa shape index (κ2) is 3.96. The highest BCUT2D eigenvalue weighted by molar-refractivity contribution is 5.21. The lowest BCUT2D eigenvalue weighted by atomic mass is 10.1. The van der Waals surface area contributed by atoms with E-state index in [1.807, 2.05) is 0 Å². The van der Waals surface area contributed by atoms with Crippen LogP contribution in [0, 0.1) is 6.92 Å². The lowest BCUT2D eigenvalue weighted by Gasteiger charge is -2.00. The number of hydrogen-bond acceptors (Lipinski definition) is 1. The average molecular weight is 162 g/mol. The molecule has 0 spiro atoms. The van der Waals surface area contributed by atoms with Gasteiger partial charge in [0.2, 0.25) is 0 Å². The summed E-state index contributed by atoms with van der Waals surface area (Å²) >= 11 is 0. The summed E-state index contributed by atoms with van der Waals surface area (Å²) in [6.45, 7) is 5.51. The topological polar surface area (TPSA) is 20.2 Å². The third kappa shape index (κ3) is 2.79. The Bertz CT molecular complexity index is 259. The largest absolute Gasteiger partial charge is 0.513 e. The smallest absolute Gasteiger partial charge is 0.0854 e. The highest BCUT2D eigenvalue weighted by atomic mass is 16.3. The van der Waals surface area contributed by atoms with Crippen molar-refractivity contribution in [2.45, 2.75) is 19.8 Å². The molecule has 12 heavy (non-hydrogen) atoms. The molecular weight excluding hydrogens is 148 g/mol. The van der Waals surface area contributed by atoms with Gasteiger partial charge >= 0.3 is 0 Å². The number of benzene rings is 1. The van der Waals surface area contributed by atoms with Gasteiger partial charge in [0.05, 0.1) is 5.76 Å². The summed E-state index contributed by atoms with van der Waals surface area (Å²) in [5, 5.41) is 8.87. The predicted octanol–water partition coefficient (Wildman–Crippen LogP) is 3.00. The van der Waals surface area contributed by atoms with E-state index in [9.17, 15) is 0 Å². The number of aryl methyl sites for hydroxylation is 2. The minimum Gasteiger partial charge on any atom is -0.513 e. The Balaban J connectivity index is 2.53. The minimum absolute atomic E-state index is 0.260. The molecule has 1 aromatic rings. The van der Waals surface area contributed by atoms with E-state index in [-0.39, 0.29) is 5.76 Å². The molecule has 64 valence electrons. The van der Waals surface area contributed by atoms with Crippen LogP contribution in [0.5, 0.6) is 0 Å². The number of allylic oxidation sites excluding steroid dienone is 1. The molecule has 0 aromatic heterocycles. The second-order valence-corrected chi connectivity index (χ2v) is 3.05. The van der Waals surface area contributed by atoms with Gasteiger partial charge in [-0.05, 0) is 18.9 Å². The lowest BCUT2D eigenvalue weighted by molar-refractivity contribution is 0.391. The van der Waals surface area contributed by atoms with Crippen molar-refractivity contribution in [2.24, 2.45) is 0 Å². The fourth-order valence-corrected chi connectivity index (χ4v) is 1.04. The van der Waals surface area contributed by atoms with Crippen LogP contribution in [0.25, 0.3) is 0 Å². The maximum Gasteiger partial charge on any atom is 0.0854 e. The Morgan fingerprint density at radius 1 is 1.33 bits per heavy atom. The monoisotopic (exact) mass is 162 g/mol. The van der Waals surface area contributed by atoms with Crippen LogP contribution in [0.15, 0.2) is 36.6 Å². The average Bonchev–Trinajstić information content (AvgIpc) is 2.03. The fourth-order valence-electron chi connectivity index (χ4n) is 1.04.